The molecule has 31 heavy (non-hydrogen) atoms. The number of nitrogens with one attached hydrogen (secondary N) is 2. The fraction of sp³-hybridized carbons (Fsp3) is 0.318. The van der Waals surface area contributed by atoms with Crippen molar-refractivity contribution in [2.75, 3.05) is 35.6 Å². The van der Waals surface area contributed by atoms with Crippen LogP contribution in [0.2, 0.25) is 5.02 Å². The molecule has 0 aromatic heterocycles. The van der Waals surface area contributed by atoms with E-state index in [-0.39, 0.29) is 3.79 Å². The summed E-state index contributed by atoms with van der Waals surface area (Å²) in [6, 6.07) is 12.6. The normalized spacial score (nSPS) is 24.2. The summed E-state index contributed by atoms with van der Waals surface area (Å²) in [7, 11) is 0. The number of hydrogen-bond acceptors (Lipinski definition) is 5. The standard InChI is InChI=1S/C22H21ClIN3O4/c23-16-4-1-14-12-24(19(28)18(14)11-16)13-22(20(29)25-21(30)26-22)15-2-5-17(6-3-15)27-7-9-31-10-8-27/h1-6,11H,7-10,12-13H2,(H2,25,26,29,30)/t22-/m0/s1. The Hall–Kier alpha value is -2.17. The molecule has 2 fully saturated rings. The van der Waals surface area contributed by atoms with Crippen LogP contribution in [0.25, 0.3) is 0 Å². The number of halogens is 2. The van der Waals surface area contributed by atoms with Gasteiger partial charge in [0, 0.05) is 0 Å². The third kappa shape index (κ3) is 3.70. The van der Waals surface area contributed by atoms with Gasteiger partial charge in [-0.3, -0.25) is 0 Å². The third-order valence-corrected chi connectivity index (χ3v) is 11.9. The Morgan fingerprint density at radius 2 is 1.81 bits per heavy atom. The van der Waals surface area contributed by atoms with Gasteiger partial charge < -0.3 is 0 Å². The zero-order valence-electron chi connectivity index (χ0n) is 16.6. The number of fused-ring (bicyclic) bond motifs is 1. The summed E-state index contributed by atoms with van der Waals surface area (Å²) in [4.78, 5) is 40.4. The minimum absolute atomic E-state index is 0.111. The number of imide groups is 1. The van der Waals surface area contributed by atoms with Crippen LogP contribution in [0.4, 0.5) is 10.5 Å². The molecule has 0 unspecified atom stereocenters. The van der Waals surface area contributed by atoms with Crippen LogP contribution in [0.15, 0.2) is 42.5 Å². The monoisotopic (exact) mass is 553 g/mol. The van der Waals surface area contributed by atoms with E-state index in [9.17, 15) is 14.4 Å². The first-order valence-corrected chi connectivity index (χ1v) is 14.5. The molecule has 2 saturated heterocycles. The maximum atomic E-state index is 13.1. The van der Waals surface area contributed by atoms with E-state index in [0.717, 1.165) is 24.3 Å². The van der Waals surface area contributed by atoms with Gasteiger partial charge in [-0.15, -0.1) is 0 Å². The Morgan fingerprint density at radius 3 is 2.48 bits per heavy atom. The molecular weight excluding hydrogens is 533 g/mol. The van der Waals surface area contributed by atoms with Gasteiger partial charge in [0.05, 0.1) is 0 Å². The molecule has 2 aromatic rings. The van der Waals surface area contributed by atoms with E-state index in [1.54, 1.807) is 12.1 Å². The van der Waals surface area contributed by atoms with Crippen LogP contribution in [0.3, 0.4) is 0 Å². The summed E-state index contributed by atoms with van der Waals surface area (Å²) in [5, 5.41) is 5.76. The molecule has 2 aromatic carbocycles. The Balaban J connectivity index is 1.45. The number of urea groups is 1. The summed E-state index contributed by atoms with van der Waals surface area (Å²) in [6.45, 7) is 3.00. The summed E-state index contributed by atoms with van der Waals surface area (Å²) in [5.41, 5.74) is 2.19. The van der Waals surface area contributed by atoms with Crippen molar-refractivity contribution in [2.24, 2.45) is 0 Å². The summed E-state index contributed by atoms with van der Waals surface area (Å²) in [6.07, 6.45) is 0. The van der Waals surface area contributed by atoms with Gasteiger partial charge in [-0.05, 0) is 0 Å². The molecule has 1 atom stereocenters. The summed E-state index contributed by atoms with van der Waals surface area (Å²) < 4.78 is 6.54. The molecule has 9 heteroatoms. The predicted molar refractivity (Wildman–Crippen MR) is 126 cm³/mol. The molecule has 3 aliphatic heterocycles. The summed E-state index contributed by atoms with van der Waals surface area (Å²) in [5.74, 6) is -0.393. The van der Waals surface area contributed by atoms with Crippen molar-refractivity contribution in [2.45, 2.75) is 9.97 Å². The Kier molecular flexibility index (Phi) is 5.39. The molecular formula is C22H21ClIN3O4. The Morgan fingerprint density at radius 1 is 1.06 bits per heavy atom. The number of rotatable bonds is 4. The zero-order valence-corrected chi connectivity index (χ0v) is 19.5. The number of carbonyl (C=O) groups is 3. The van der Waals surface area contributed by atoms with Crippen molar-refractivity contribution in [3.05, 3.63) is 64.2 Å². The fourth-order valence-electron chi connectivity index (χ4n) is 4.22. The van der Waals surface area contributed by atoms with Crippen molar-refractivity contribution in [3.8, 4) is 0 Å². The van der Waals surface area contributed by atoms with Crippen molar-refractivity contribution in [1.29, 1.82) is 0 Å². The van der Waals surface area contributed by atoms with Gasteiger partial charge in [-0.2, -0.15) is 0 Å². The van der Waals surface area contributed by atoms with E-state index in [0.29, 0.717) is 38.2 Å². The second-order valence-corrected chi connectivity index (χ2v) is 13.3. The van der Waals surface area contributed by atoms with Crippen LogP contribution in [0.5, 0.6) is 0 Å². The molecule has 5 rings (SSSR count). The molecule has 3 amide bonds. The second-order valence-electron chi connectivity index (χ2n) is 7.76. The number of amides is 3. The molecule has 0 spiro atoms. The van der Waals surface area contributed by atoms with Crippen LogP contribution in [-0.2, 0) is 19.5 Å². The van der Waals surface area contributed by atoms with E-state index < -0.39 is 37.3 Å². The van der Waals surface area contributed by atoms with Gasteiger partial charge in [0.15, 0.2) is 0 Å². The first-order valence-electron chi connectivity index (χ1n) is 9.97. The van der Waals surface area contributed by atoms with E-state index >= 15 is 0 Å². The molecule has 0 saturated carbocycles. The number of morpholine rings is 1. The van der Waals surface area contributed by atoms with Crippen LogP contribution < -0.4 is 15.5 Å². The number of alkyl halides is 2. The number of hydrogen-bond donors (Lipinski definition) is 2. The van der Waals surface area contributed by atoms with Crippen molar-refractivity contribution in [1.82, 2.24) is 10.6 Å². The molecule has 7 nitrogen and oxygen atoms in total. The molecule has 0 radical (unpaired) electrons. The SMILES string of the molecule is O=C1NC(=O)[C@](CI2Cc3ccc(Cl)cc3C2=O)(c2ccc(N3CCOCC3)cc2)N1. The molecule has 0 aliphatic carbocycles. The average molecular weight is 554 g/mol. The third-order valence-electron chi connectivity index (χ3n) is 5.87. The molecule has 0 bridgehead atoms. The van der Waals surface area contributed by atoms with Crippen LogP contribution >= 0.6 is 31.4 Å². The van der Waals surface area contributed by atoms with Crippen LogP contribution in [0.1, 0.15) is 21.5 Å². The van der Waals surface area contributed by atoms with Gasteiger partial charge in [0.25, 0.3) is 0 Å². The van der Waals surface area contributed by atoms with E-state index in [4.69, 9.17) is 16.3 Å². The zero-order chi connectivity index (χ0) is 21.6. The molecule has 162 valence electrons. The average Bonchev–Trinajstić information content (AvgIpc) is 3.24. The Bertz CT molecular complexity index is 1070. The topological polar surface area (TPSA) is 87.7 Å². The molecule has 3 heterocycles. The van der Waals surface area contributed by atoms with Gasteiger partial charge in [-0.1, -0.05) is 0 Å². The van der Waals surface area contributed by atoms with E-state index in [1.165, 1.54) is 0 Å². The number of nitrogens with zero attached hydrogens (tertiary/aromatic N) is 1. The second kappa shape index (κ2) is 8.07. The van der Waals surface area contributed by atoms with Gasteiger partial charge in [-0.25, -0.2) is 0 Å². The van der Waals surface area contributed by atoms with Crippen molar-refractivity contribution < 1.29 is 19.1 Å². The number of benzene rings is 2. The summed E-state index contributed by atoms with van der Waals surface area (Å²) >= 11 is 3.79. The van der Waals surface area contributed by atoms with Gasteiger partial charge in [0.1, 0.15) is 0 Å². The number of ether oxygens (including phenoxy) is 1. The van der Waals surface area contributed by atoms with Crippen LogP contribution in [-0.4, -0.2) is 46.5 Å². The van der Waals surface area contributed by atoms with E-state index in [1.807, 2.05) is 30.3 Å². The number of anilines is 1. The van der Waals surface area contributed by atoms with Crippen molar-refractivity contribution in [3.63, 3.8) is 0 Å². The van der Waals surface area contributed by atoms with Gasteiger partial charge >= 0.3 is 192 Å². The maximum absolute atomic E-state index is 13.1. The van der Waals surface area contributed by atoms with Crippen LogP contribution in [0, 0.1) is 0 Å². The van der Waals surface area contributed by atoms with Crippen molar-refractivity contribution >= 4 is 52.8 Å². The van der Waals surface area contributed by atoms with Gasteiger partial charge in [0.2, 0.25) is 0 Å². The first kappa shape index (κ1) is 20.7. The molecule has 2 N–H and O–H groups in total. The number of carbonyl (C=O) groups excluding carboxylic acids is 3. The Labute approximate surface area is 191 Å². The first-order chi connectivity index (χ1) is 15.0. The molecule has 3 aliphatic rings. The van der Waals surface area contributed by atoms with E-state index in [2.05, 4.69) is 15.5 Å². The quantitative estimate of drug-likeness (QED) is 0.263. The fourth-order valence-corrected chi connectivity index (χ4v) is 10.7. The predicted octanol–water partition coefficient (Wildman–Crippen LogP) is 3.07. The minimum atomic E-state index is -2.29.